The SMILES string of the molecule is COc1ccc(-c2ccc([C@@]3(NC(=O)c4ccc(F)cc4)CCOc4cccnc43)cc2)c(CO)c1. The van der Waals surface area contributed by atoms with E-state index in [1.54, 1.807) is 19.4 Å². The lowest BCUT2D eigenvalue weighted by Crippen LogP contribution is -2.50. The number of aliphatic hydroxyl groups is 1. The number of aliphatic hydroxyl groups excluding tert-OH is 1. The molecule has 0 bridgehead atoms. The first-order valence-corrected chi connectivity index (χ1v) is 11.6. The summed E-state index contributed by atoms with van der Waals surface area (Å²) in [6, 6.07) is 22.5. The molecule has 7 heteroatoms. The van der Waals surface area contributed by atoms with Crippen molar-refractivity contribution in [1.29, 1.82) is 0 Å². The van der Waals surface area contributed by atoms with Gasteiger partial charge in [-0.2, -0.15) is 0 Å². The van der Waals surface area contributed by atoms with E-state index in [9.17, 15) is 14.3 Å². The molecule has 0 radical (unpaired) electrons. The number of amides is 1. The Kier molecular flexibility index (Phi) is 6.40. The molecular formula is C29H25FN2O4. The van der Waals surface area contributed by atoms with Crippen LogP contribution < -0.4 is 14.8 Å². The highest BCUT2D eigenvalue weighted by Gasteiger charge is 2.42. The van der Waals surface area contributed by atoms with Crippen molar-refractivity contribution in [2.45, 2.75) is 18.6 Å². The number of methoxy groups -OCH3 is 1. The normalized spacial score (nSPS) is 16.5. The standard InChI is InChI=1S/C29H25FN2O4/c1-35-24-12-13-25(21(17-24)18-33)19-4-8-22(9-5-19)29(14-16-36-26-3-2-15-31-27(26)29)32-28(34)20-6-10-23(30)11-7-20/h2-13,15,17,33H,14,16,18H2,1H3,(H,32,34)/t29-/m0/s1. The molecule has 1 aliphatic rings. The molecule has 5 rings (SSSR count). The second-order valence-corrected chi connectivity index (χ2v) is 8.57. The van der Waals surface area contributed by atoms with Crippen molar-refractivity contribution in [3.8, 4) is 22.6 Å². The summed E-state index contributed by atoms with van der Waals surface area (Å²) in [6.45, 7) is 0.262. The Morgan fingerprint density at radius 2 is 1.89 bits per heavy atom. The Labute approximate surface area is 208 Å². The van der Waals surface area contributed by atoms with Crippen LogP contribution in [0.5, 0.6) is 11.5 Å². The maximum atomic E-state index is 13.4. The Morgan fingerprint density at radius 3 is 2.61 bits per heavy atom. The molecule has 0 spiro atoms. The van der Waals surface area contributed by atoms with Gasteiger partial charge in [0.05, 0.1) is 20.3 Å². The molecule has 0 aliphatic carbocycles. The van der Waals surface area contributed by atoms with E-state index in [4.69, 9.17) is 9.47 Å². The van der Waals surface area contributed by atoms with Gasteiger partial charge in [-0.1, -0.05) is 30.3 Å². The van der Waals surface area contributed by atoms with E-state index in [-0.39, 0.29) is 12.5 Å². The minimum atomic E-state index is -0.946. The van der Waals surface area contributed by atoms with Crippen LogP contribution in [-0.4, -0.2) is 29.7 Å². The fraction of sp³-hybridized carbons (Fsp3) is 0.172. The van der Waals surface area contributed by atoms with Crippen LogP contribution in [0, 0.1) is 5.82 Å². The quantitative estimate of drug-likeness (QED) is 0.409. The first-order chi connectivity index (χ1) is 17.5. The van der Waals surface area contributed by atoms with Crippen molar-refractivity contribution >= 4 is 5.91 Å². The molecule has 0 fully saturated rings. The topological polar surface area (TPSA) is 80.7 Å². The van der Waals surface area contributed by atoms with Gasteiger partial charge in [-0.15, -0.1) is 0 Å². The lowest BCUT2D eigenvalue weighted by Gasteiger charge is -2.39. The van der Waals surface area contributed by atoms with Crippen LogP contribution in [0.2, 0.25) is 0 Å². The Hall–Kier alpha value is -4.23. The van der Waals surface area contributed by atoms with Gasteiger partial charge < -0.3 is 19.9 Å². The molecule has 4 aromatic rings. The molecule has 0 unspecified atom stereocenters. The molecule has 0 saturated heterocycles. The van der Waals surface area contributed by atoms with Gasteiger partial charge >= 0.3 is 0 Å². The number of fused-ring (bicyclic) bond motifs is 1. The summed E-state index contributed by atoms with van der Waals surface area (Å²) >= 11 is 0. The number of nitrogens with zero attached hydrogens (tertiary/aromatic N) is 1. The van der Waals surface area contributed by atoms with Gasteiger partial charge in [-0.25, -0.2) is 4.39 Å². The number of rotatable bonds is 6. The van der Waals surface area contributed by atoms with Crippen LogP contribution >= 0.6 is 0 Å². The summed E-state index contributed by atoms with van der Waals surface area (Å²) in [7, 11) is 1.59. The number of pyridine rings is 1. The Balaban J connectivity index is 1.57. The van der Waals surface area contributed by atoms with Crippen LogP contribution in [0.1, 0.15) is 33.6 Å². The number of hydrogen-bond acceptors (Lipinski definition) is 5. The summed E-state index contributed by atoms with van der Waals surface area (Å²) in [4.78, 5) is 17.9. The summed E-state index contributed by atoms with van der Waals surface area (Å²) in [5.74, 6) is 0.530. The third-order valence-electron chi connectivity index (χ3n) is 6.51. The smallest absolute Gasteiger partial charge is 0.252 e. The molecule has 1 atom stereocenters. The third kappa shape index (κ3) is 4.29. The van der Waals surface area contributed by atoms with Gasteiger partial charge in [-0.3, -0.25) is 9.78 Å². The van der Waals surface area contributed by atoms with Crippen molar-refractivity contribution < 1.29 is 23.8 Å². The number of carbonyl (C=O) groups is 1. The molecule has 1 amide bonds. The lowest BCUT2D eigenvalue weighted by atomic mass is 9.80. The van der Waals surface area contributed by atoms with E-state index in [2.05, 4.69) is 10.3 Å². The first-order valence-electron chi connectivity index (χ1n) is 11.6. The number of ether oxygens (including phenoxy) is 2. The second-order valence-electron chi connectivity index (χ2n) is 8.57. The van der Waals surface area contributed by atoms with Crippen molar-refractivity contribution in [1.82, 2.24) is 10.3 Å². The molecule has 2 heterocycles. The van der Waals surface area contributed by atoms with Gasteiger partial charge in [0, 0.05) is 18.2 Å². The average molecular weight is 485 g/mol. The number of halogens is 1. The van der Waals surface area contributed by atoms with Crippen LogP contribution in [-0.2, 0) is 12.1 Å². The van der Waals surface area contributed by atoms with Gasteiger partial charge in [-0.05, 0) is 70.8 Å². The Bertz CT molecular complexity index is 1390. The summed E-state index contributed by atoms with van der Waals surface area (Å²) < 4.78 is 24.6. The van der Waals surface area contributed by atoms with Gasteiger partial charge in [0.2, 0.25) is 0 Å². The van der Waals surface area contributed by atoms with Crippen molar-refractivity contribution in [3.05, 3.63) is 113 Å². The average Bonchev–Trinajstić information content (AvgIpc) is 2.93. The highest BCUT2D eigenvalue weighted by atomic mass is 19.1. The molecule has 3 aromatic carbocycles. The van der Waals surface area contributed by atoms with E-state index in [0.717, 1.165) is 22.3 Å². The maximum Gasteiger partial charge on any atom is 0.252 e. The largest absolute Gasteiger partial charge is 0.497 e. The zero-order valence-electron chi connectivity index (χ0n) is 19.7. The molecule has 1 aliphatic heterocycles. The molecule has 1 aromatic heterocycles. The first kappa shape index (κ1) is 23.5. The number of aromatic nitrogens is 1. The van der Waals surface area contributed by atoms with E-state index in [1.807, 2.05) is 48.5 Å². The number of benzene rings is 3. The predicted molar refractivity (Wildman–Crippen MR) is 133 cm³/mol. The molecule has 2 N–H and O–H groups in total. The minimum Gasteiger partial charge on any atom is -0.497 e. The molecule has 36 heavy (non-hydrogen) atoms. The van der Waals surface area contributed by atoms with Crippen LogP contribution in [0.3, 0.4) is 0 Å². The van der Waals surface area contributed by atoms with Gasteiger partial charge in [0.1, 0.15) is 28.5 Å². The monoisotopic (exact) mass is 484 g/mol. The number of carbonyl (C=O) groups excluding carboxylic acids is 1. The summed E-state index contributed by atoms with van der Waals surface area (Å²) in [5, 5.41) is 13.1. The highest BCUT2D eigenvalue weighted by Crippen LogP contribution is 2.41. The van der Waals surface area contributed by atoms with Crippen molar-refractivity contribution in [2.75, 3.05) is 13.7 Å². The summed E-state index contributed by atoms with van der Waals surface area (Å²) in [6.07, 6.45) is 2.14. The molecule has 182 valence electrons. The van der Waals surface area contributed by atoms with Crippen LogP contribution in [0.4, 0.5) is 4.39 Å². The van der Waals surface area contributed by atoms with E-state index in [1.165, 1.54) is 24.3 Å². The third-order valence-corrected chi connectivity index (χ3v) is 6.51. The number of nitrogens with one attached hydrogen (secondary N) is 1. The van der Waals surface area contributed by atoms with Crippen molar-refractivity contribution in [3.63, 3.8) is 0 Å². The zero-order valence-corrected chi connectivity index (χ0v) is 19.7. The highest BCUT2D eigenvalue weighted by molar-refractivity contribution is 5.95. The zero-order chi connectivity index (χ0) is 25.1. The van der Waals surface area contributed by atoms with E-state index < -0.39 is 11.4 Å². The predicted octanol–water partition coefficient (Wildman–Crippen LogP) is 4.84. The van der Waals surface area contributed by atoms with Crippen LogP contribution in [0.25, 0.3) is 11.1 Å². The van der Waals surface area contributed by atoms with Crippen LogP contribution in [0.15, 0.2) is 85.1 Å². The lowest BCUT2D eigenvalue weighted by molar-refractivity contribution is 0.0883. The fourth-order valence-corrected chi connectivity index (χ4v) is 4.65. The fourth-order valence-electron chi connectivity index (χ4n) is 4.65. The maximum absolute atomic E-state index is 13.4. The Morgan fingerprint density at radius 1 is 1.11 bits per heavy atom. The molecule has 6 nitrogen and oxygen atoms in total. The van der Waals surface area contributed by atoms with Gasteiger partial charge in [0.25, 0.3) is 5.91 Å². The van der Waals surface area contributed by atoms with E-state index in [0.29, 0.717) is 35.8 Å². The van der Waals surface area contributed by atoms with Gasteiger partial charge in [0.15, 0.2) is 0 Å². The second kappa shape index (κ2) is 9.79. The molecule has 0 saturated carbocycles. The number of hydrogen-bond donors (Lipinski definition) is 2. The van der Waals surface area contributed by atoms with E-state index >= 15 is 0 Å². The van der Waals surface area contributed by atoms with Crippen molar-refractivity contribution in [2.24, 2.45) is 0 Å². The summed E-state index contributed by atoms with van der Waals surface area (Å²) in [5.41, 5.74) is 3.41. The minimum absolute atomic E-state index is 0.124. The molecular weight excluding hydrogens is 459 g/mol.